The largest absolute Gasteiger partial charge is 0.497 e. The van der Waals surface area contributed by atoms with Crippen molar-refractivity contribution in [3.63, 3.8) is 0 Å². The summed E-state index contributed by atoms with van der Waals surface area (Å²) in [6, 6.07) is 6.46. The Hall–Kier alpha value is -1.75. The van der Waals surface area contributed by atoms with Crippen LogP contribution in [0, 0.1) is 6.92 Å². The first kappa shape index (κ1) is 14.2. The summed E-state index contributed by atoms with van der Waals surface area (Å²) in [5, 5.41) is 6.48. The number of fused-ring (bicyclic) bond motifs is 2. The van der Waals surface area contributed by atoms with Crippen LogP contribution in [0.25, 0.3) is 0 Å². The predicted octanol–water partition coefficient (Wildman–Crippen LogP) is 2.36. The maximum Gasteiger partial charge on any atom is 0.322 e. The Morgan fingerprint density at radius 1 is 1.33 bits per heavy atom. The van der Waals surface area contributed by atoms with Gasteiger partial charge in [0.1, 0.15) is 5.75 Å². The fourth-order valence-electron chi connectivity index (χ4n) is 3.40. The molecule has 1 aromatic rings. The first-order valence-electron chi connectivity index (χ1n) is 7.63. The van der Waals surface area contributed by atoms with Crippen molar-refractivity contribution in [3.8, 4) is 5.75 Å². The summed E-state index contributed by atoms with van der Waals surface area (Å²) in [5.74, 6) is 0.810. The molecule has 1 aromatic carbocycles. The van der Waals surface area contributed by atoms with Crippen LogP contribution >= 0.6 is 0 Å². The summed E-state index contributed by atoms with van der Waals surface area (Å²) in [6.45, 7) is 3.90. The van der Waals surface area contributed by atoms with Crippen molar-refractivity contribution in [3.05, 3.63) is 23.8 Å². The molecule has 21 heavy (non-hydrogen) atoms. The molecule has 2 atom stereocenters. The van der Waals surface area contributed by atoms with E-state index in [0.29, 0.717) is 12.1 Å². The molecule has 0 aliphatic carbocycles. The van der Waals surface area contributed by atoms with Crippen molar-refractivity contribution in [2.24, 2.45) is 0 Å². The third-order valence-corrected chi connectivity index (χ3v) is 4.56. The fraction of sp³-hybridized carbons (Fsp3) is 0.562. The number of methoxy groups -OCH3 is 1. The molecule has 2 saturated heterocycles. The van der Waals surface area contributed by atoms with E-state index in [9.17, 15) is 4.79 Å². The van der Waals surface area contributed by atoms with Gasteiger partial charge < -0.3 is 20.3 Å². The molecule has 2 fully saturated rings. The number of nitrogens with one attached hydrogen (secondary N) is 2. The third kappa shape index (κ3) is 2.83. The van der Waals surface area contributed by atoms with Gasteiger partial charge in [-0.1, -0.05) is 0 Å². The molecule has 2 amide bonds. The monoisotopic (exact) mass is 289 g/mol. The van der Waals surface area contributed by atoms with Gasteiger partial charge in [-0.25, -0.2) is 4.79 Å². The van der Waals surface area contributed by atoms with Crippen LogP contribution in [0.4, 0.5) is 10.5 Å². The average molecular weight is 289 g/mol. The number of ether oxygens (including phenoxy) is 1. The van der Waals surface area contributed by atoms with E-state index >= 15 is 0 Å². The topological polar surface area (TPSA) is 53.6 Å². The van der Waals surface area contributed by atoms with E-state index in [-0.39, 0.29) is 6.03 Å². The van der Waals surface area contributed by atoms with Crippen molar-refractivity contribution in [2.75, 3.05) is 25.5 Å². The Kier molecular flexibility index (Phi) is 4.01. The number of hydrogen-bond donors (Lipinski definition) is 2. The molecule has 0 spiro atoms. The van der Waals surface area contributed by atoms with E-state index in [1.165, 1.54) is 0 Å². The van der Waals surface area contributed by atoms with Gasteiger partial charge in [0.25, 0.3) is 0 Å². The van der Waals surface area contributed by atoms with E-state index in [1.807, 2.05) is 30.0 Å². The first-order valence-corrected chi connectivity index (χ1v) is 7.63. The van der Waals surface area contributed by atoms with E-state index < -0.39 is 0 Å². The maximum atomic E-state index is 12.6. The maximum absolute atomic E-state index is 12.6. The van der Waals surface area contributed by atoms with Crippen molar-refractivity contribution in [2.45, 2.75) is 38.3 Å². The van der Waals surface area contributed by atoms with Gasteiger partial charge in [-0.3, -0.25) is 0 Å². The van der Waals surface area contributed by atoms with E-state index in [1.54, 1.807) is 7.11 Å². The fourth-order valence-corrected chi connectivity index (χ4v) is 3.40. The zero-order chi connectivity index (χ0) is 14.8. The molecule has 114 valence electrons. The molecule has 0 saturated carbocycles. The molecule has 5 heteroatoms. The van der Waals surface area contributed by atoms with Crippen molar-refractivity contribution >= 4 is 11.7 Å². The van der Waals surface area contributed by atoms with Crippen LogP contribution < -0.4 is 15.4 Å². The van der Waals surface area contributed by atoms with Gasteiger partial charge in [-0.15, -0.1) is 0 Å². The second-order valence-electron chi connectivity index (χ2n) is 5.90. The van der Waals surface area contributed by atoms with Crippen LogP contribution in [0.2, 0.25) is 0 Å². The number of urea groups is 1. The average Bonchev–Trinajstić information content (AvgIpc) is 2.74. The lowest BCUT2D eigenvalue weighted by Gasteiger charge is -2.28. The summed E-state index contributed by atoms with van der Waals surface area (Å²) in [4.78, 5) is 14.7. The number of anilines is 1. The normalized spacial score (nSPS) is 24.6. The van der Waals surface area contributed by atoms with E-state index in [2.05, 4.69) is 10.6 Å². The highest BCUT2D eigenvalue weighted by Crippen LogP contribution is 2.29. The van der Waals surface area contributed by atoms with Gasteiger partial charge in [-0.05, 0) is 56.5 Å². The Balaban J connectivity index is 1.74. The predicted molar refractivity (Wildman–Crippen MR) is 82.9 cm³/mol. The minimum atomic E-state index is 0.0273. The lowest BCUT2D eigenvalue weighted by molar-refractivity contribution is 0.190. The van der Waals surface area contributed by atoms with Gasteiger partial charge >= 0.3 is 6.03 Å². The molecule has 2 heterocycles. The van der Waals surface area contributed by atoms with Crippen LogP contribution in [-0.2, 0) is 0 Å². The number of rotatable bonds is 2. The van der Waals surface area contributed by atoms with E-state index in [0.717, 1.165) is 49.4 Å². The van der Waals surface area contributed by atoms with Crippen molar-refractivity contribution < 1.29 is 9.53 Å². The van der Waals surface area contributed by atoms with Crippen LogP contribution in [0.5, 0.6) is 5.75 Å². The number of hydrogen-bond acceptors (Lipinski definition) is 3. The molecule has 2 bridgehead atoms. The molecule has 0 unspecified atom stereocenters. The van der Waals surface area contributed by atoms with Crippen LogP contribution in [0.3, 0.4) is 0 Å². The number of benzene rings is 1. The lowest BCUT2D eigenvalue weighted by Crippen LogP contribution is -2.44. The SMILES string of the molecule is COc1ccc(NC(=O)N2[C@@H]3CCNC[C@H]2CC3)c(C)c1. The van der Waals surface area contributed by atoms with Gasteiger partial charge in [-0.2, -0.15) is 0 Å². The molecule has 0 aromatic heterocycles. The molecule has 0 radical (unpaired) electrons. The first-order chi connectivity index (χ1) is 10.2. The summed E-state index contributed by atoms with van der Waals surface area (Å²) in [6.07, 6.45) is 3.28. The van der Waals surface area contributed by atoms with Gasteiger partial charge in [0.2, 0.25) is 0 Å². The van der Waals surface area contributed by atoms with Crippen molar-refractivity contribution in [1.82, 2.24) is 10.2 Å². The molecule has 3 rings (SSSR count). The lowest BCUT2D eigenvalue weighted by atomic mass is 10.1. The second-order valence-corrected chi connectivity index (χ2v) is 5.90. The Morgan fingerprint density at radius 2 is 2.14 bits per heavy atom. The number of nitrogens with zero attached hydrogens (tertiary/aromatic N) is 1. The molecule has 2 aliphatic heterocycles. The highest BCUT2D eigenvalue weighted by Gasteiger charge is 2.38. The molecule has 2 N–H and O–H groups in total. The minimum Gasteiger partial charge on any atom is -0.497 e. The standard InChI is InChI=1S/C16H23N3O2/c1-11-9-14(21-2)5-6-15(11)18-16(20)19-12-3-4-13(19)10-17-8-7-12/h5-6,9,12-13,17H,3-4,7-8,10H2,1-2H3,(H,18,20)/t12-,13+/m0/s1. The van der Waals surface area contributed by atoms with Crippen molar-refractivity contribution in [1.29, 1.82) is 0 Å². The van der Waals surface area contributed by atoms with Crippen LogP contribution in [0.15, 0.2) is 18.2 Å². The number of amides is 2. The van der Waals surface area contributed by atoms with Gasteiger partial charge in [0.15, 0.2) is 0 Å². The highest BCUT2D eigenvalue weighted by atomic mass is 16.5. The number of carbonyl (C=O) groups excluding carboxylic acids is 1. The summed E-state index contributed by atoms with van der Waals surface area (Å²) < 4.78 is 5.20. The minimum absolute atomic E-state index is 0.0273. The van der Waals surface area contributed by atoms with Gasteiger partial charge in [0.05, 0.1) is 7.11 Å². The zero-order valence-corrected chi connectivity index (χ0v) is 12.7. The molecular formula is C16H23N3O2. The van der Waals surface area contributed by atoms with Crippen LogP contribution in [0.1, 0.15) is 24.8 Å². The number of carbonyl (C=O) groups is 1. The van der Waals surface area contributed by atoms with Gasteiger partial charge in [0, 0.05) is 24.3 Å². The quantitative estimate of drug-likeness (QED) is 0.879. The summed E-state index contributed by atoms with van der Waals surface area (Å²) in [5.41, 5.74) is 1.88. The van der Waals surface area contributed by atoms with E-state index in [4.69, 9.17) is 4.74 Å². The Labute approximate surface area is 125 Å². The van der Waals surface area contributed by atoms with Crippen LogP contribution in [-0.4, -0.2) is 43.2 Å². The Bertz CT molecular complexity index is 518. The summed E-state index contributed by atoms with van der Waals surface area (Å²) >= 11 is 0. The zero-order valence-electron chi connectivity index (χ0n) is 12.7. The number of aryl methyl sites for hydroxylation is 1. The smallest absolute Gasteiger partial charge is 0.322 e. The molecule has 5 nitrogen and oxygen atoms in total. The highest BCUT2D eigenvalue weighted by molar-refractivity contribution is 5.91. The Morgan fingerprint density at radius 3 is 2.90 bits per heavy atom. The second kappa shape index (κ2) is 5.93. The molecular weight excluding hydrogens is 266 g/mol. The molecule has 2 aliphatic rings. The third-order valence-electron chi connectivity index (χ3n) is 4.56. The summed E-state index contributed by atoms with van der Waals surface area (Å²) in [7, 11) is 1.65.